The lowest BCUT2D eigenvalue weighted by Gasteiger charge is -2.58. The highest BCUT2D eigenvalue weighted by Crippen LogP contribution is 2.66. The van der Waals surface area contributed by atoms with E-state index in [1.165, 1.54) is 38.5 Å². The summed E-state index contributed by atoms with van der Waals surface area (Å²) in [6.07, 6.45) is 12.6. The van der Waals surface area contributed by atoms with E-state index in [4.69, 9.17) is 0 Å². The third-order valence-electron chi connectivity index (χ3n) is 9.28. The lowest BCUT2D eigenvalue weighted by molar-refractivity contribution is -0.0535. The zero-order valence-electron chi connectivity index (χ0n) is 16.9. The van der Waals surface area contributed by atoms with Crippen LogP contribution in [0.1, 0.15) is 79.1 Å². The highest BCUT2D eigenvalue weighted by Gasteiger charge is 2.59. The van der Waals surface area contributed by atoms with E-state index in [1.54, 1.807) is 5.57 Å². The topological polar surface area (TPSA) is 32.3 Å². The van der Waals surface area contributed by atoms with Crippen molar-refractivity contribution in [2.45, 2.75) is 91.2 Å². The van der Waals surface area contributed by atoms with E-state index >= 15 is 0 Å². The maximum absolute atomic E-state index is 10.1. The number of rotatable bonds is 3. The second-order valence-corrected chi connectivity index (χ2v) is 10.2. The first-order chi connectivity index (χ1) is 11.9. The van der Waals surface area contributed by atoms with E-state index in [-0.39, 0.29) is 6.10 Å². The lowest BCUT2D eigenvalue weighted by atomic mass is 9.47. The van der Waals surface area contributed by atoms with Crippen molar-refractivity contribution >= 4 is 0 Å². The minimum atomic E-state index is -0.0819. The van der Waals surface area contributed by atoms with Crippen molar-refractivity contribution < 1.29 is 5.11 Å². The van der Waals surface area contributed by atoms with Crippen LogP contribution in [0.5, 0.6) is 0 Å². The summed E-state index contributed by atoms with van der Waals surface area (Å²) in [5.41, 5.74) is 2.53. The molecule has 25 heavy (non-hydrogen) atoms. The van der Waals surface area contributed by atoms with Gasteiger partial charge < -0.3 is 10.4 Å². The molecule has 3 saturated carbocycles. The van der Waals surface area contributed by atoms with Gasteiger partial charge in [0, 0.05) is 6.04 Å². The third-order valence-corrected chi connectivity index (χ3v) is 9.28. The predicted molar refractivity (Wildman–Crippen MR) is 104 cm³/mol. The molecule has 0 aromatic heterocycles. The first kappa shape index (κ1) is 18.0. The molecule has 0 aromatic carbocycles. The summed E-state index contributed by atoms with van der Waals surface area (Å²) in [5, 5.41) is 13.9. The van der Waals surface area contributed by atoms with Crippen LogP contribution in [0.25, 0.3) is 0 Å². The van der Waals surface area contributed by atoms with Gasteiger partial charge in [0.2, 0.25) is 0 Å². The molecule has 0 unspecified atom stereocenters. The molecule has 0 saturated heterocycles. The summed E-state index contributed by atoms with van der Waals surface area (Å²) in [7, 11) is 0. The molecule has 0 bridgehead atoms. The van der Waals surface area contributed by atoms with E-state index in [2.05, 4.69) is 39.1 Å². The Morgan fingerprint density at radius 2 is 1.96 bits per heavy atom. The van der Waals surface area contributed by atoms with Crippen LogP contribution < -0.4 is 5.32 Å². The third kappa shape index (κ3) is 2.65. The van der Waals surface area contributed by atoms with Gasteiger partial charge in [-0.1, -0.05) is 32.4 Å². The normalized spacial score (nSPS) is 50.4. The van der Waals surface area contributed by atoms with Gasteiger partial charge in [0.1, 0.15) is 0 Å². The number of aliphatic hydroxyl groups is 1. The molecule has 2 heteroatoms. The summed E-state index contributed by atoms with van der Waals surface area (Å²) in [6, 6.07) is 0.659. The van der Waals surface area contributed by atoms with Crippen LogP contribution in [-0.2, 0) is 0 Å². The van der Waals surface area contributed by atoms with E-state index < -0.39 is 0 Å². The van der Waals surface area contributed by atoms with Gasteiger partial charge in [-0.15, -0.1) is 0 Å². The van der Waals surface area contributed by atoms with Gasteiger partial charge >= 0.3 is 0 Å². The molecule has 0 radical (unpaired) electrons. The molecule has 0 aliphatic heterocycles. The van der Waals surface area contributed by atoms with Crippen LogP contribution in [0, 0.1) is 34.5 Å². The maximum atomic E-state index is 10.1. The van der Waals surface area contributed by atoms with E-state index in [0.29, 0.717) is 16.9 Å². The Kier molecular flexibility index (Phi) is 4.60. The predicted octanol–water partition coefficient (Wildman–Crippen LogP) is 4.92. The Morgan fingerprint density at radius 3 is 2.72 bits per heavy atom. The van der Waals surface area contributed by atoms with Crippen molar-refractivity contribution in [1.82, 2.24) is 5.32 Å². The fourth-order valence-electron chi connectivity index (χ4n) is 7.97. The van der Waals surface area contributed by atoms with Crippen molar-refractivity contribution in [3.05, 3.63) is 11.6 Å². The summed E-state index contributed by atoms with van der Waals surface area (Å²) in [5.74, 6) is 3.52. The molecular weight excluding hydrogens is 306 g/mol. The molecular formula is C23H39NO. The van der Waals surface area contributed by atoms with Crippen molar-refractivity contribution in [2.75, 3.05) is 6.54 Å². The Balaban J connectivity index is 1.60. The largest absolute Gasteiger partial charge is 0.393 e. The van der Waals surface area contributed by atoms with Crippen molar-refractivity contribution in [3.8, 4) is 0 Å². The maximum Gasteiger partial charge on any atom is 0.0577 e. The molecule has 4 rings (SSSR count). The number of aliphatic hydroxyl groups excluding tert-OH is 1. The molecule has 4 aliphatic carbocycles. The SMILES string of the molecule is CCN[C@@H](C)[C@H]1CC[C@H]2[C@@H]3CC=C4C[C@@H](O)CC[C@]4(C)[C@H]3CC[C@]12C. The van der Waals surface area contributed by atoms with Crippen LogP contribution >= 0.6 is 0 Å². The summed E-state index contributed by atoms with van der Waals surface area (Å²) in [6.45, 7) is 10.9. The zero-order valence-corrected chi connectivity index (χ0v) is 16.9. The Morgan fingerprint density at radius 1 is 1.16 bits per heavy atom. The van der Waals surface area contributed by atoms with E-state index in [1.807, 2.05) is 0 Å². The molecule has 2 N–H and O–H groups in total. The number of hydrogen-bond donors (Lipinski definition) is 2. The number of fused-ring (bicyclic) bond motifs is 5. The van der Waals surface area contributed by atoms with E-state index in [9.17, 15) is 5.11 Å². The summed E-state index contributed by atoms with van der Waals surface area (Å²) < 4.78 is 0. The quantitative estimate of drug-likeness (QED) is 0.711. The molecule has 0 spiro atoms. The van der Waals surface area contributed by atoms with Crippen LogP contribution in [-0.4, -0.2) is 23.8 Å². The molecule has 3 fully saturated rings. The fourth-order valence-corrected chi connectivity index (χ4v) is 7.97. The van der Waals surface area contributed by atoms with E-state index in [0.717, 1.165) is 43.1 Å². The van der Waals surface area contributed by atoms with Crippen LogP contribution in [0.3, 0.4) is 0 Å². The molecule has 0 amide bonds. The second-order valence-electron chi connectivity index (χ2n) is 10.2. The molecule has 0 heterocycles. The van der Waals surface area contributed by atoms with Crippen molar-refractivity contribution in [1.29, 1.82) is 0 Å². The average Bonchev–Trinajstić information content (AvgIpc) is 2.93. The molecule has 2 nitrogen and oxygen atoms in total. The Labute approximate surface area is 154 Å². The highest BCUT2D eigenvalue weighted by molar-refractivity contribution is 5.25. The second kappa shape index (κ2) is 6.37. The minimum absolute atomic E-state index is 0.0819. The molecule has 142 valence electrons. The monoisotopic (exact) mass is 345 g/mol. The van der Waals surface area contributed by atoms with Gasteiger partial charge in [-0.25, -0.2) is 0 Å². The summed E-state index contributed by atoms with van der Waals surface area (Å²) >= 11 is 0. The average molecular weight is 346 g/mol. The lowest BCUT2D eigenvalue weighted by Crippen LogP contribution is -2.52. The summed E-state index contributed by atoms with van der Waals surface area (Å²) in [4.78, 5) is 0. The van der Waals surface area contributed by atoms with Gasteiger partial charge in [-0.3, -0.25) is 0 Å². The van der Waals surface area contributed by atoms with Crippen LogP contribution in [0.4, 0.5) is 0 Å². The van der Waals surface area contributed by atoms with Gasteiger partial charge in [0.05, 0.1) is 6.10 Å². The van der Waals surface area contributed by atoms with Gasteiger partial charge in [-0.05, 0) is 99.3 Å². The smallest absolute Gasteiger partial charge is 0.0577 e. The van der Waals surface area contributed by atoms with Crippen LogP contribution in [0.2, 0.25) is 0 Å². The Hall–Kier alpha value is -0.340. The number of hydrogen-bond acceptors (Lipinski definition) is 2. The fraction of sp³-hybridized carbons (Fsp3) is 0.913. The van der Waals surface area contributed by atoms with Gasteiger partial charge in [0.15, 0.2) is 0 Å². The first-order valence-corrected chi connectivity index (χ1v) is 11.0. The van der Waals surface area contributed by atoms with Crippen molar-refractivity contribution in [3.63, 3.8) is 0 Å². The van der Waals surface area contributed by atoms with Crippen molar-refractivity contribution in [2.24, 2.45) is 34.5 Å². The number of nitrogens with one attached hydrogen (secondary N) is 1. The standard InChI is InChI=1S/C23H39NO/c1-5-24-15(2)19-8-9-20-18-7-6-16-14-17(25)10-12-22(16,3)21(18)11-13-23(19,20)4/h6,15,17-21,24-25H,5,7-14H2,1-4H3/t15-,17-,18-,19+,20-,21-,22-,23+/m0/s1. The zero-order chi connectivity index (χ0) is 17.8. The number of allylic oxidation sites excluding steroid dienone is 1. The highest BCUT2D eigenvalue weighted by atomic mass is 16.3. The molecule has 4 aliphatic rings. The van der Waals surface area contributed by atoms with Gasteiger partial charge in [0.25, 0.3) is 0 Å². The van der Waals surface area contributed by atoms with Gasteiger partial charge in [-0.2, -0.15) is 0 Å². The minimum Gasteiger partial charge on any atom is -0.393 e. The first-order valence-electron chi connectivity index (χ1n) is 11.0. The molecule has 8 atom stereocenters. The molecule has 0 aromatic rings. The van der Waals surface area contributed by atoms with Crippen LogP contribution in [0.15, 0.2) is 11.6 Å². The Bertz CT molecular complexity index is 542.